The molecule has 0 heterocycles. The van der Waals surface area contributed by atoms with Crippen LogP contribution in [0.3, 0.4) is 0 Å². The topological polar surface area (TPSA) is 41.1 Å². The zero-order chi connectivity index (χ0) is 16.9. The molecule has 3 aromatic carbocycles. The van der Waals surface area contributed by atoms with Crippen molar-refractivity contribution in [3.05, 3.63) is 78.4 Å². The maximum absolute atomic E-state index is 12.3. The van der Waals surface area contributed by atoms with E-state index in [0.29, 0.717) is 0 Å². The van der Waals surface area contributed by atoms with E-state index in [1.807, 2.05) is 49.4 Å². The van der Waals surface area contributed by atoms with E-state index in [1.54, 1.807) is 0 Å². The molecule has 3 rings (SSSR count). The Bertz CT molecular complexity index is 829. The molecule has 3 nitrogen and oxygen atoms in total. The lowest BCUT2D eigenvalue weighted by molar-refractivity contribution is -0.117. The number of nitrogens with one attached hydrogen (secondary N) is 2. The van der Waals surface area contributed by atoms with E-state index in [4.69, 9.17) is 0 Å². The zero-order valence-corrected chi connectivity index (χ0v) is 14.0. The van der Waals surface area contributed by atoms with Crippen LogP contribution in [0.4, 0.5) is 5.69 Å². The fourth-order valence-electron chi connectivity index (χ4n) is 2.80. The summed E-state index contributed by atoms with van der Waals surface area (Å²) in [7, 11) is 0. The van der Waals surface area contributed by atoms with Crippen LogP contribution in [0.1, 0.15) is 25.5 Å². The number of benzene rings is 3. The summed E-state index contributed by atoms with van der Waals surface area (Å²) >= 11 is 0. The SMILES string of the molecule is CC(NC(C)c1ccc2ccccc2c1)C(=O)Nc1ccccc1. The van der Waals surface area contributed by atoms with Gasteiger partial charge in [0.05, 0.1) is 6.04 Å². The molecule has 3 heteroatoms. The molecule has 0 spiro atoms. The lowest BCUT2D eigenvalue weighted by atomic mass is 10.0. The maximum atomic E-state index is 12.3. The third-order valence-corrected chi connectivity index (χ3v) is 4.21. The first kappa shape index (κ1) is 16.2. The molecule has 0 bridgehead atoms. The highest BCUT2D eigenvalue weighted by Gasteiger charge is 2.16. The van der Waals surface area contributed by atoms with Crippen molar-refractivity contribution in [2.75, 3.05) is 5.32 Å². The van der Waals surface area contributed by atoms with Gasteiger partial charge in [0.1, 0.15) is 0 Å². The van der Waals surface area contributed by atoms with Gasteiger partial charge >= 0.3 is 0 Å². The van der Waals surface area contributed by atoms with Crippen molar-refractivity contribution in [3.8, 4) is 0 Å². The Kier molecular flexibility index (Phi) is 4.92. The predicted molar refractivity (Wildman–Crippen MR) is 100 cm³/mol. The molecule has 0 aliphatic rings. The van der Waals surface area contributed by atoms with Crippen LogP contribution >= 0.6 is 0 Å². The minimum Gasteiger partial charge on any atom is -0.325 e. The second-order valence-electron chi connectivity index (χ2n) is 6.07. The Morgan fingerprint density at radius 2 is 1.50 bits per heavy atom. The summed E-state index contributed by atoms with van der Waals surface area (Å²) in [5, 5.41) is 8.73. The van der Waals surface area contributed by atoms with Crippen LogP contribution in [-0.4, -0.2) is 11.9 Å². The first-order chi connectivity index (χ1) is 11.6. The van der Waals surface area contributed by atoms with Crippen LogP contribution in [0, 0.1) is 0 Å². The van der Waals surface area contributed by atoms with E-state index in [1.165, 1.54) is 16.3 Å². The van der Waals surface area contributed by atoms with Gasteiger partial charge in [-0.15, -0.1) is 0 Å². The van der Waals surface area contributed by atoms with Gasteiger partial charge in [-0.3, -0.25) is 10.1 Å². The van der Waals surface area contributed by atoms with Crippen molar-refractivity contribution in [3.63, 3.8) is 0 Å². The largest absolute Gasteiger partial charge is 0.325 e. The average molecular weight is 318 g/mol. The molecular weight excluding hydrogens is 296 g/mol. The highest BCUT2D eigenvalue weighted by Crippen LogP contribution is 2.20. The summed E-state index contributed by atoms with van der Waals surface area (Å²) in [6.07, 6.45) is 0. The number of hydrogen-bond donors (Lipinski definition) is 2. The summed E-state index contributed by atoms with van der Waals surface area (Å²) in [6.45, 7) is 3.96. The number of amides is 1. The predicted octanol–water partition coefficient (Wildman–Crippen LogP) is 4.52. The van der Waals surface area contributed by atoms with E-state index < -0.39 is 0 Å². The van der Waals surface area contributed by atoms with Gasteiger partial charge in [0, 0.05) is 11.7 Å². The van der Waals surface area contributed by atoms with Crippen LogP contribution in [0.15, 0.2) is 72.8 Å². The highest BCUT2D eigenvalue weighted by molar-refractivity contribution is 5.94. The van der Waals surface area contributed by atoms with E-state index in [0.717, 1.165) is 5.69 Å². The quantitative estimate of drug-likeness (QED) is 0.726. The Morgan fingerprint density at radius 1 is 0.833 bits per heavy atom. The molecule has 0 fully saturated rings. The molecule has 0 aliphatic carbocycles. The van der Waals surface area contributed by atoms with Gasteiger partial charge < -0.3 is 5.32 Å². The zero-order valence-electron chi connectivity index (χ0n) is 14.0. The van der Waals surface area contributed by atoms with Crippen molar-refractivity contribution in [2.24, 2.45) is 0 Å². The Labute approximate surface area is 142 Å². The van der Waals surface area contributed by atoms with Gasteiger partial charge in [0.2, 0.25) is 5.91 Å². The van der Waals surface area contributed by atoms with Crippen molar-refractivity contribution in [2.45, 2.75) is 25.9 Å². The number of carbonyl (C=O) groups is 1. The summed E-state index contributed by atoms with van der Waals surface area (Å²) in [6, 6.07) is 24.0. The van der Waals surface area contributed by atoms with E-state index >= 15 is 0 Å². The molecule has 1 amide bonds. The standard InChI is InChI=1S/C21H22N2O/c1-15(18-13-12-17-8-6-7-9-19(17)14-18)22-16(2)21(24)23-20-10-4-3-5-11-20/h3-16,22H,1-2H3,(H,23,24). The minimum atomic E-state index is -0.285. The van der Waals surface area contributed by atoms with Gasteiger partial charge in [0.15, 0.2) is 0 Å². The van der Waals surface area contributed by atoms with Crippen LogP contribution in [0.2, 0.25) is 0 Å². The molecule has 0 saturated carbocycles. The second-order valence-corrected chi connectivity index (χ2v) is 6.07. The third-order valence-electron chi connectivity index (χ3n) is 4.21. The van der Waals surface area contributed by atoms with Crippen molar-refractivity contribution < 1.29 is 4.79 Å². The number of rotatable bonds is 5. The normalized spacial score (nSPS) is 13.4. The fourth-order valence-corrected chi connectivity index (χ4v) is 2.80. The number of fused-ring (bicyclic) bond motifs is 1. The number of para-hydroxylation sites is 1. The summed E-state index contributed by atoms with van der Waals surface area (Å²) in [4.78, 5) is 12.3. The van der Waals surface area contributed by atoms with Gasteiger partial charge in [-0.05, 0) is 48.4 Å². The minimum absolute atomic E-state index is 0.0335. The Balaban J connectivity index is 1.66. The molecule has 122 valence electrons. The Morgan fingerprint density at radius 3 is 2.25 bits per heavy atom. The van der Waals surface area contributed by atoms with E-state index in [-0.39, 0.29) is 18.0 Å². The summed E-state index contributed by atoms with van der Waals surface area (Å²) < 4.78 is 0. The van der Waals surface area contributed by atoms with Gasteiger partial charge in [0.25, 0.3) is 0 Å². The lowest BCUT2D eigenvalue weighted by Crippen LogP contribution is -2.39. The number of hydrogen-bond acceptors (Lipinski definition) is 2. The van der Waals surface area contributed by atoms with Crippen LogP contribution < -0.4 is 10.6 Å². The molecule has 2 unspecified atom stereocenters. The maximum Gasteiger partial charge on any atom is 0.241 e. The molecule has 24 heavy (non-hydrogen) atoms. The van der Waals surface area contributed by atoms with E-state index in [2.05, 4.69) is 47.9 Å². The van der Waals surface area contributed by atoms with Crippen LogP contribution in [0.25, 0.3) is 10.8 Å². The molecule has 3 aromatic rings. The lowest BCUT2D eigenvalue weighted by Gasteiger charge is -2.20. The smallest absolute Gasteiger partial charge is 0.241 e. The molecule has 0 radical (unpaired) electrons. The highest BCUT2D eigenvalue weighted by atomic mass is 16.2. The van der Waals surface area contributed by atoms with Crippen molar-refractivity contribution in [1.29, 1.82) is 0 Å². The number of anilines is 1. The van der Waals surface area contributed by atoms with Gasteiger partial charge in [-0.2, -0.15) is 0 Å². The van der Waals surface area contributed by atoms with E-state index in [9.17, 15) is 4.79 Å². The first-order valence-electron chi connectivity index (χ1n) is 8.24. The number of carbonyl (C=O) groups excluding carboxylic acids is 1. The molecular formula is C21H22N2O. The van der Waals surface area contributed by atoms with Gasteiger partial charge in [-0.25, -0.2) is 0 Å². The summed E-state index contributed by atoms with van der Waals surface area (Å²) in [5.41, 5.74) is 1.99. The molecule has 0 aliphatic heterocycles. The third kappa shape index (κ3) is 3.81. The van der Waals surface area contributed by atoms with Crippen molar-refractivity contribution in [1.82, 2.24) is 5.32 Å². The molecule has 2 atom stereocenters. The van der Waals surface area contributed by atoms with Crippen LogP contribution in [0.5, 0.6) is 0 Å². The summed E-state index contributed by atoms with van der Waals surface area (Å²) in [5.74, 6) is -0.0335. The van der Waals surface area contributed by atoms with Crippen molar-refractivity contribution >= 4 is 22.4 Å². The molecule has 0 saturated heterocycles. The average Bonchev–Trinajstić information content (AvgIpc) is 2.62. The molecule has 0 aromatic heterocycles. The van der Waals surface area contributed by atoms with Crippen LogP contribution in [-0.2, 0) is 4.79 Å². The van der Waals surface area contributed by atoms with Gasteiger partial charge in [-0.1, -0.05) is 54.6 Å². The second kappa shape index (κ2) is 7.28. The Hall–Kier alpha value is -2.65. The first-order valence-corrected chi connectivity index (χ1v) is 8.24. The fraction of sp³-hybridized carbons (Fsp3) is 0.190. The molecule has 2 N–H and O–H groups in total. The monoisotopic (exact) mass is 318 g/mol.